The van der Waals surface area contributed by atoms with E-state index >= 15 is 0 Å². The first-order valence-corrected chi connectivity index (χ1v) is 10.2. The van der Waals surface area contributed by atoms with Crippen LogP contribution in [-0.4, -0.2) is 24.7 Å². The fourth-order valence-electron chi connectivity index (χ4n) is 3.88. The third-order valence-corrected chi connectivity index (χ3v) is 5.39. The average molecular weight is 405 g/mol. The number of fused-ring (bicyclic) bond motifs is 2. The number of rotatable bonds is 5. The molecule has 0 fully saturated rings. The minimum Gasteiger partial charge on any atom is -0.497 e. The maximum absolute atomic E-state index is 12.9. The van der Waals surface area contributed by atoms with Crippen LogP contribution in [0.1, 0.15) is 38.8 Å². The second-order valence-corrected chi connectivity index (χ2v) is 8.30. The molecular weight excluding hydrogens is 378 g/mol. The standard InChI is InChI=1S/C25H27NO4/c1-16(29-20-10-9-17-7-5-6-8-18(17)13-20)24(27)26-22-15-25(2,3)30-23-12-11-19(28-4)14-21(22)23/h5-14,16,22H,15H2,1-4H3,(H,26,27)/t16-,22-/m0/s1. The van der Waals surface area contributed by atoms with Crippen LogP contribution < -0.4 is 19.5 Å². The van der Waals surface area contributed by atoms with Gasteiger partial charge in [0.2, 0.25) is 0 Å². The highest BCUT2D eigenvalue weighted by Crippen LogP contribution is 2.41. The SMILES string of the molecule is COc1ccc2c(c1)[C@@H](NC(=O)[C@H](C)Oc1ccc3ccccc3c1)CC(C)(C)O2. The first kappa shape index (κ1) is 20.1. The molecule has 2 atom stereocenters. The van der Waals surface area contributed by atoms with Gasteiger partial charge in [-0.15, -0.1) is 0 Å². The van der Waals surface area contributed by atoms with Gasteiger partial charge in [0.1, 0.15) is 22.8 Å². The van der Waals surface area contributed by atoms with Crippen LogP contribution in [0.5, 0.6) is 17.2 Å². The maximum Gasteiger partial charge on any atom is 0.261 e. The highest BCUT2D eigenvalue weighted by molar-refractivity contribution is 5.84. The first-order chi connectivity index (χ1) is 14.3. The zero-order valence-corrected chi connectivity index (χ0v) is 17.8. The lowest BCUT2D eigenvalue weighted by Crippen LogP contribution is -2.44. The molecule has 1 aliphatic heterocycles. The van der Waals surface area contributed by atoms with Crippen molar-refractivity contribution in [2.24, 2.45) is 0 Å². The molecule has 1 amide bonds. The molecule has 0 aromatic heterocycles. The molecule has 0 radical (unpaired) electrons. The lowest BCUT2D eigenvalue weighted by molar-refractivity contribution is -0.128. The fourth-order valence-corrected chi connectivity index (χ4v) is 3.88. The number of methoxy groups -OCH3 is 1. The summed E-state index contributed by atoms with van der Waals surface area (Å²) >= 11 is 0. The largest absolute Gasteiger partial charge is 0.497 e. The minimum atomic E-state index is -0.633. The monoisotopic (exact) mass is 405 g/mol. The number of ether oxygens (including phenoxy) is 3. The van der Waals surface area contributed by atoms with Gasteiger partial charge in [0.05, 0.1) is 13.2 Å². The van der Waals surface area contributed by atoms with E-state index in [0.717, 1.165) is 27.8 Å². The number of amides is 1. The molecule has 0 unspecified atom stereocenters. The third kappa shape index (κ3) is 4.20. The normalized spacial score (nSPS) is 18.1. The zero-order valence-electron chi connectivity index (χ0n) is 17.8. The second kappa shape index (κ2) is 7.90. The van der Waals surface area contributed by atoms with Crippen LogP contribution >= 0.6 is 0 Å². The predicted molar refractivity (Wildman–Crippen MR) is 117 cm³/mol. The van der Waals surface area contributed by atoms with Gasteiger partial charge in [-0.2, -0.15) is 0 Å². The molecule has 4 rings (SSSR count). The predicted octanol–water partition coefficient (Wildman–Crippen LogP) is 5.03. The summed E-state index contributed by atoms with van der Waals surface area (Å²) in [5.74, 6) is 2.00. The van der Waals surface area contributed by atoms with Crippen molar-refractivity contribution in [2.45, 2.75) is 44.9 Å². The van der Waals surface area contributed by atoms with E-state index in [-0.39, 0.29) is 17.6 Å². The van der Waals surface area contributed by atoms with Gasteiger partial charge in [-0.1, -0.05) is 30.3 Å². The average Bonchev–Trinajstić information content (AvgIpc) is 2.72. The molecule has 1 N–H and O–H groups in total. The number of carbonyl (C=O) groups is 1. The Morgan fingerprint density at radius 2 is 1.80 bits per heavy atom. The van der Waals surface area contributed by atoms with Crippen LogP contribution in [0.25, 0.3) is 10.8 Å². The van der Waals surface area contributed by atoms with Crippen LogP contribution in [0.15, 0.2) is 60.7 Å². The van der Waals surface area contributed by atoms with Gasteiger partial charge in [-0.05, 0) is 61.9 Å². The molecule has 0 bridgehead atoms. The van der Waals surface area contributed by atoms with Crippen molar-refractivity contribution >= 4 is 16.7 Å². The Kier molecular flexibility index (Phi) is 5.29. The third-order valence-electron chi connectivity index (χ3n) is 5.39. The molecule has 5 nitrogen and oxygen atoms in total. The molecule has 0 aliphatic carbocycles. The first-order valence-electron chi connectivity index (χ1n) is 10.2. The number of hydrogen-bond acceptors (Lipinski definition) is 4. The van der Waals surface area contributed by atoms with Gasteiger partial charge in [0, 0.05) is 12.0 Å². The van der Waals surface area contributed by atoms with Crippen molar-refractivity contribution in [2.75, 3.05) is 7.11 Å². The Morgan fingerprint density at radius 1 is 1.07 bits per heavy atom. The number of nitrogens with one attached hydrogen (secondary N) is 1. The molecule has 3 aromatic rings. The lowest BCUT2D eigenvalue weighted by atomic mass is 9.89. The smallest absolute Gasteiger partial charge is 0.261 e. The van der Waals surface area contributed by atoms with Crippen molar-refractivity contribution in [1.29, 1.82) is 0 Å². The molecule has 1 heterocycles. The van der Waals surface area contributed by atoms with Crippen LogP contribution in [0.4, 0.5) is 0 Å². The van der Waals surface area contributed by atoms with E-state index in [1.807, 2.05) is 74.5 Å². The molecule has 0 spiro atoms. The van der Waals surface area contributed by atoms with Crippen molar-refractivity contribution in [3.63, 3.8) is 0 Å². The molecule has 3 aromatic carbocycles. The van der Waals surface area contributed by atoms with Gasteiger partial charge < -0.3 is 19.5 Å². The molecule has 156 valence electrons. The number of carbonyl (C=O) groups excluding carboxylic acids is 1. The number of hydrogen-bond donors (Lipinski definition) is 1. The summed E-state index contributed by atoms with van der Waals surface area (Å²) in [4.78, 5) is 12.9. The van der Waals surface area contributed by atoms with E-state index < -0.39 is 6.10 Å². The Hall–Kier alpha value is -3.21. The second-order valence-electron chi connectivity index (χ2n) is 8.30. The Balaban J connectivity index is 1.51. The lowest BCUT2D eigenvalue weighted by Gasteiger charge is -2.38. The van der Waals surface area contributed by atoms with Gasteiger partial charge in [0.25, 0.3) is 5.91 Å². The van der Waals surface area contributed by atoms with E-state index in [1.54, 1.807) is 14.0 Å². The molecule has 30 heavy (non-hydrogen) atoms. The maximum atomic E-state index is 12.9. The van der Waals surface area contributed by atoms with Gasteiger partial charge in [-0.25, -0.2) is 0 Å². The van der Waals surface area contributed by atoms with E-state index in [9.17, 15) is 4.79 Å². The van der Waals surface area contributed by atoms with Gasteiger partial charge in [0.15, 0.2) is 6.10 Å². The summed E-state index contributed by atoms with van der Waals surface area (Å²) in [6.07, 6.45) is 0.0212. The van der Waals surface area contributed by atoms with Crippen molar-refractivity contribution in [3.05, 3.63) is 66.2 Å². The summed E-state index contributed by atoms with van der Waals surface area (Å²) < 4.78 is 17.4. The summed E-state index contributed by atoms with van der Waals surface area (Å²) in [6.45, 7) is 5.81. The summed E-state index contributed by atoms with van der Waals surface area (Å²) in [6, 6.07) is 19.4. The van der Waals surface area contributed by atoms with Gasteiger partial charge >= 0.3 is 0 Å². The molecular formula is C25H27NO4. The van der Waals surface area contributed by atoms with Crippen LogP contribution in [0, 0.1) is 0 Å². The fraction of sp³-hybridized carbons (Fsp3) is 0.320. The van der Waals surface area contributed by atoms with Gasteiger partial charge in [-0.3, -0.25) is 4.79 Å². The Morgan fingerprint density at radius 3 is 2.57 bits per heavy atom. The van der Waals surface area contributed by atoms with Crippen LogP contribution in [0.3, 0.4) is 0 Å². The molecule has 1 aliphatic rings. The van der Waals surface area contributed by atoms with Crippen molar-refractivity contribution in [1.82, 2.24) is 5.32 Å². The summed E-state index contributed by atoms with van der Waals surface area (Å²) in [7, 11) is 1.63. The minimum absolute atomic E-state index is 0.167. The van der Waals surface area contributed by atoms with E-state index in [4.69, 9.17) is 14.2 Å². The number of benzene rings is 3. The Bertz CT molecular complexity index is 1080. The molecule has 5 heteroatoms. The van der Waals surface area contributed by atoms with E-state index in [1.165, 1.54) is 0 Å². The van der Waals surface area contributed by atoms with E-state index in [0.29, 0.717) is 12.2 Å². The van der Waals surface area contributed by atoms with Crippen molar-refractivity contribution < 1.29 is 19.0 Å². The summed E-state index contributed by atoms with van der Waals surface area (Å²) in [5.41, 5.74) is 0.530. The quantitative estimate of drug-likeness (QED) is 0.647. The topological polar surface area (TPSA) is 56.8 Å². The highest BCUT2D eigenvalue weighted by Gasteiger charge is 2.35. The van der Waals surface area contributed by atoms with E-state index in [2.05, 4.69) is 5.32 Å². The summed E-state index contributed by atoms with van der Waals surface area (Å²) in [5, 5.41) is 5.35. The molecule has 0 saturated heterocycles. The highest BCUT2D eigenvalue weighted by atomic mass is 16.5. The van der Waals surface area contributed by atoms with Crippen molar-refractivity contribution in [3.8, 4) is 17.2 Å². The molecule has 0 saturated carbocycles. The Labute approximate surface area is 177 Å². The zero-order chi connectivity index (χ0) is 21.3. The van der Waals surface area contributed by atoms with Crippen LogP contribution in [0.2, 0.25) is 0 Å². The van der Waals surface area contributed by atoms with Crippen LogP contribution in [-0.2, 0) is 4.79 Å².